The number of hydrogen-bond donors (Lipinski definition) is 1. The molecule has 3 aromatic rings. The summed E-state index contributed by atoms with van der Waals surface area (Å²) in [5.74, 6) is -0.165. The van der Waals surface area contributed by atoms with Crippen molar-refractivity contribution < 1.29 is 12.8 Å². The van der Waals surface area contributed by atoms with Crippen molar-refractivity contribution >= 4 is 36.7 Å². The number of piperidine rings is 1. The molecule has 0 aliphatic carbocycles. The molecule has 1 aliphatic rings. The summed E-state index contributed by atoms with van der Waals surface area (Å²) in [5, 5.41) is 1.03. The van der Waals surface area contributed by atoms with Crippen LogP contribution in [0.4, 0.5) is 9.52 Å². The fourth-order valence-electron chi connectivity index (χ4n) is 3.25. The molecule has 0 radical (unpaired) electrons. The van der Waals surface area contributed by atoms with Crippen LogP contribution in [0.25, 0.3) is 10.2 Å². The van der Waals surface area contributed by atoms with Gasteiger partial charge in [0.2, 0.25) is 10.0 Å². The molecule has 1 N–H and O–H groups in total. The Kier molecular flexibility index (Phi) is 5.12. The van der Waals surface area contributed by atoms with Gasteiger partial charge in [0, 0.05) is 19.6 Å². The predicted molar refractivity (Wildman–Crippen MR) is 106 cm³/mol. The highest BCUT2D eigenvalue weighted by Gasteiger charge is 2.23. The highest BCUT2D eigenvalue weighted by molar-refractivity contribution is 7.89. The fourth-order valence-corrected chi connectivity index (χ4v) is 5.38. The number of para-hydroxylation sites is 1. The van der Waals surface area contributed by atoms with Gasteiger partial charge in [-0.1, -0.05) is 23.5 Å². The molecule has 1 fully saturated rings. The number of sulfonamides is 1. The number of rotatable bonds is 5. The number of fused-ring (bicyclic) bond motifs is 1. The minimum Gasteiger partial charge on any atom is -0.348 e. The second-order valence-electron chi connectivity index (χ2n) is 6.70. The summed E-state index contributed by atoms with van der Waals surface area (Å²) >= 11 is 1.69. The standard InChI is InChI=1S/C19H20FN3O2S2/c20-15-5-7-16(8-6-15)27(24,25)21-13-14-9-11-23(12-10-14)19-22-17-3-1-2-4-18(17)26-19/h1-8,14,21H,9-13H2. The highest BCUT2D eigenvalue weighted by atomic mass is 32.2. The first-order valence-electron chi connectivity index (χ1n) is 8.87. The van der Waals surface area contributed by atoms with Crippen molar-refractivity contribution in [1.82, 2.24) is 9.71 Å². The summed E-state index contributed by atoms with van der Waals surface area (Å²) in [4.78, 5) is 7.06. The fraction of sp³-hybridized carbons (Fsp3) is 0.316. The molecule has 142 valence electrons. The molecule has 0 unspecified atom stereocenters. The Morgan fingerprint density at radius 3 is 2.52 bits per heavy atom. The molecule has 5 nitrogen and oxygen atoms in total. The molecule has 27 heavy (non-hydrogen) atoms. The third kappa shape index (κ3) is 4.12. The van der Waals surface area contributed by atoms with Crippen molar-refractivity contribution in [2.75, 3.05) is 24.5 Å². The largest absolute Gasteiger partial charge is 0.348 e. The molecular weight excluding hydrogens is 385 g/mol. The lowest BCUT2D eigenvalue weighted by molar-refractivity contribution is 0.402. The predicted octanol–water partition coefficient (Wildman–Crippen LogP) is 3.63. The third-order valence-electron chi connectivity index (χ3n) is 4.85. The lowest BCUT2D eigenvalue weighted by Gasteiger charge is -2.31. The van der Waals surface area contributed by atoms with Crippen LogP contribution in [0.1, 0.15) is 12.8 Å². The van der Waals surface area contributed by atoms with E-state index in [1.165, 1.54) is 16.8 Å². The molecule has 0 bridgehead atoms. The maximum Gasteiger partial charge on any atom is 0.240 e. The van der Waals surface area contributed by atoms with E-state index in [1.807, 2.05) is 18.2 Å². The second-order valence-corrected chi connectivity index (χ2v) is 9.48. The monoisotopic (exact) mass is 405 g/mol. The number of hydrogen-bond acceptors (Lipinski definition) is 5. The van der Waals surface area contributed by atoms with Crippen molar-refractivity contribution in [3.8, 4) is 0 Å². The molecule has 8 heteroatoms. The van der Waals surface area contributed by atoms with Gasteiger partial charge in [-0.05, 0) is 55.2 Å². The second kappa shape index (κ2) is 7.53. The zero-order valence-corrected chi connectivity index (χ0v) is 16.3. The van der Waals surface area contributed by atoms with Gasteiger partial charge in [-0.3, -0.25) is 0 Å². The third-order valence-corrected chi connectivity index (χ3v) is 7.39. The molecule has 0 saturated carbocycles. The van der Waals surface area contributed by atoms with Crippen molar-refractivity contribution in [2.45, 2.75) is 17.7 Å². The van der Waals surface area contributed by atoms with Gasteiger partial charge < -0.3 is 4.90 Å². The molecule has 1 saturated heterocycles. The van der Waals surface area contributed by atoms with Crippen LogP contribution in [0.15, 0.2) is 53.4 Å². The van der Waals surface area contributed by atoms with Gasteiger partial charge in [-0.2, -0.15) is 0 Å². The van der Waals surface area contributed by atoms with Gasteiger partial charge >= 0.3 is 0 Å². The van der Waals surface area contributed by atoms with E-state index in [9.17, 15) is 12.8 Å². The van der Waals surface area contributed by atoms with Crippen LogP contribution in [0, 0.1) is 11.7 Å². The Labute approximate surface area is 161 Å². The summed E-state index contributed by atoms with van der Waals surface area (Å²) in [5.41, 5.74) is 1.02. The lowest BCUT2D eigenvalue weighted by atomic mass is 9.97. The normalized spacial score (nSPS) is 16.1. The van der Waals surface area contributed by atoms with Crippen molar-refractivity contribution in [3.05, 3.63) is 54.3 Å². The number of nitrogens with zero attached hydrogens (tertiary/aromatic N) is 2. The van der Waals surface area contributed by atoms with E-state index in [2.05, 4.69) is 15.7 Å². The summed E-state index contributed by atoms with van der Waals surface area (Å²) in [6, 6.07) is 13.0. The SMILES string of the molecule is O=S(=O)(NCC1CCN(c2nc3ccccc3s2)CC1)c1ccc(F)cc1. The molecule has 0 atom stereocenters. The number of thiazole rings is 1. The van der Waals surface area contributed by atoms with Gasteiger partial charge in [0.25, 0.3) is 0 Å². The molecule has 2 aromatic carbocycles. The molecule has 1 aromatic heterocycles. The first-order chi connectivity index (χ1) is 13.0. The van der Waals surface area contributed by atoms with Gasteiger partial charge in [0.1, 0.15) is 5.82 Å². The molecule has 0 spiro atoms. The summed E-state index contributed by atoms with van der Waals surface area (Å²) in [6.45, 7) is 2.12. The smallest absolute Gasteiger partial charge is 0.240 e. The van der Waals surface area contributed by atoms with Crippen LogP contribution >= 0.6 is 11.3 Å². The highest BCUT2D eigenvalue weighted by Crippen LogP contribution is 2.31. The topological polar surface area (TPSA) is 62.3 Å². The van der Waals surface area contributed by atoms with Gasteiger partial charge in [-0.25, -0.2) is 22.5 Å². The van der Waals surface area contributed by atoms with Crippen molar-refractivity contribution in [1.29, 1.82) is 0 Å². The average Bonchev–Trinajstić information content (AvgIpc) is 3.11. The molecule has 1 aliphatic heterocycles. The maximum atomic E-state index is 13.0. The molecule has 4 rings (SSSR count). The van der Waals surface area contributed by atoms with E-state index < -0.39 is 15.8 Å². The van der Waals surface area contributed by atoms with Gasteiger partial charge in [0.05, 0.1) is 15.1 Å². The summed E-state index contributed by atoms with van der Waals surface area (Å²) < 4.78 is 41.5. The zero-order valence-electron chi connectivity index (χ0n) is 14.6. The van der Waals surface area contributed by atoms with Crippen LogP contribution in [0.2, 0.25) is 0 Å². The van der Waals surface area contributed by atoms with Crippen molar-refractivity contribution in [3.63, 3.8) is 0 Å². The van der Waals surface area contributed by atoms with E-state index in [0.717, 1.165) is 48.7 Å². The van der Waals surface area contributed by atoms with E-state index >= 15 is 0 Å². The number of halogens is 1. The van der Waals surface area contributed by atoms with E-state index in [0.29, 0.717) is 6.54 Å². The van der Waals surface area contributed by atoms with Gasteiger partial charge in [0.15, 0.2) is 5.13 Å². The van der Waals surface area contributed by atoms with E-state index in [-0.39, 0.29) is 10.8 Å². The Hall–Kier alpha value is -2.03. The Balaban J connectivity index is 1.33. The number of benzene rings is 2. The average molecular weight is 406 g/mol. The quantitative estimate of drug-likeness (QED) is 0.704. The molecular formula is C19H20FN3O2S2. The zero-order chi connectivity index (χ0) is 18.9. The minimum absolute atomic E-state index is 0.0933. The van der Waals surface area contributed by atoms with Crippen molar-refractivity contribution in [2.24, 2.45) is 5.92 Å². The van der Waals surface area contributed by atoms with Crippen LogP contribution in [0.3, 0.4) is 0 Å². The van der Waals surface area contributed by atoms with E-state index in [1.54, 1.807) is 11.3 Å². The van der Waals surface area contributed by atoms with Crippen LogP contribution in [-0.2, 0) is 10.0 Å². The first kappa shape index (κ1) is 18.3. The van der Waals surface area contributed by atoms with Gasteiger partial charge in [-0.15, -0.1) is 0 Å². The Morgan fingerprint density at radius 2 is 1.81 bits per heavy atom. The molecule has 2 heterocycles. The summed E-state index contributed by atoms with van der Waals surface area (Å²) in [7, 11) is -3.60. The Morgan fingerprint density at radius 1 is 1.11 bits per heavy atom. The lowest BCUT2D eigenvalue weighted by Crippen LogP contribution is -2.38. The number of anilines is 1. The van der Waals surface area contributed by atoms with Crippen LogP contribution in [0.5, 0.6) is 0 Å². The van der Waals surface area contributed by atoms with Crippen LogP contribution in [-0.4, -0.2) is 33.0 Å². The maximum absolute atomic E-state index is 13.0. The van der Waals surface area contributed by atoms with E-state index in [4.69, 9.17) is 4.98 Å². The number of nitrogens with one attached hydrogen (secondary N) is 1. The Bertz CT molecular complexity index is 994. The first-order valence-corrected chi connectivity index (χ1v) is 11.2. The molecule has 0 amide bonds. The minimum atomic E-state index is -3.60. The summed E-state index contributed by atoms with van der Waals surface area (Å²) in [6.07, 6.45) is 1.81. The number of aromatic nitrogens is 1. The van der Waals surface area contributed by atoms with Crippen LogP contribution < -0.4 is 9.62 Å².